The van der Waals surface area contributed by atoms with E-state index >= 15 is 0 Å². The van der Waals surface area contributed by atoms with Crippen molar-refractivity contribution in [2.75, 3.05) is 0 Å². The van der Waals surface area contributed by atoms with Crippen molar-refractivity contribution in [1.82, 2.24) is 0 Å². The molecule has 88 valence electrons. The van der Waals surface area contributed by atoms with Crippen molar-refractivity contribution >= 4 is 6.29 Å². The number of hydrogen-bond acceptors (Lipinski definition) is 1. The summed E-state index contributed by atoms with van der Waals surface area (Å²) in [6, 6.07) is 4.26. The van der Waals surface area contributed by atoms with Crippen molar-refractivity contribution in [2.24, 2.45) is 0 Å². The topological polar surface area (TPSA) is 17.1 Å². The number of rotatable bonds is 1. The maximum atomic E-state index is 11.1. The van der Waals surface area contributed by atoms with Crippen molar-refractivity contribution in [2.45, 2.75) is 52.4 Å². The van der Waals surface area contributed by atoms with Crippen molar-refractivity contribution in [3.05, 3.63) is 34.9 Å². The number of benzene rings is 1. The van der Waals surface area contributed by atoms with Gasteiger partial charge in [0.25, 0.3) is 0 Å². The molecule has 0 aliphatic carbocycles. The molecule has 0 aliphatic rings. The highest BCUT2D eigenvalue weighted by molar-refractivity contribution is 5.76. The van der Waals surface area contributed by atoms with Crippen molar-refractivity contribution in [1.29, 1.82) is 0 Å². The summed E-state index contributed by atoms with van der Waals surface area (Å²) < 4.78 is 8.07. The van der Waals surface area contributed by atoms with Crippen LogP contribution < -0.4 is 0 Å². The van der Waals surface area contributed by atoms with Crippen LogP contribution in [0, 0.1) is 0 Å². The van der Waals surface area contributed by atoms with Crippen molar-refractivity contribution in [3.63, 3.8) is 0 Å². The minimum atomic E-state index is -0.115. The average Bonchev–Trinajstić information content (AvgIpc) is 2.14. The molecule has 0 heterocycles. The standard InChI is InChI=1S/C15H22O/c1-14(2,3)12-7-11(10-16)8-13(9-12)15(4,5)6/h7-10H,1-6H3/i7D. The van der Waals surface area contributed by atoms with Crippen LogP contribution in [0.5, 0.6) is 0 Å². The van der Waals surface area contributed by atoms with E-state index in [2.05, 4.69) is 47.6 Å². The van der Waals surface area contributed by atoms with E-state index < -0.39 is 0 Å². The predicted molar refractivity (Wildman–Crippen MR) is 69.2 cm³/mol. The first-order valence-electron chi connectivity index (χ1n) is 6.18. The largest absolute Gasteiger partial charge is 0.298 e. The van der Waals surface area contributed by atoms with Crippen LogP contribution in [0.2, 0.25) is 0 Å². The van der Waals surface area contributed by atoms with Gasteiger partial charge in [-0.15, -0.1) is 0 Å². The molecule has 0 unspecified atom stereocenters. The lowest BCUT2D eigenvalue weighted by molar-refractivity contribution is 0.112. The molecule has 0 radical (unpaired) electrons. The maximum Gasteiger partial charge on any atom is 0.150 e. The Labute approximate surface area is 100 Å². The molecule has 0 N–H and O–H groups in total. The third-order valence-corrected chi connectivity index (χ3v) is 2.69. The van der Waals surface area contributed by atoms with Crippen LogP contribution in [-0.2, 0) is 10.8 Å². The Morgan fingerprint density at radius 1 is 1.00 bits per heavy atom. The summed E-state index contributed by atoms with van der Waals surface area (Å²) in [6.45, 7) is 12.6. The van der Waals surface area contributed by atoms with Crippen LogP contribution >= 0.6 is 0 Å². The molecule has 1 heteroatoms. The highest BCUT2D eigenvalue weighted by Gasteiger charge is 2.20. The summed E-state index contributed by atoms with van der Waals surface area (Å²) >= 11 is 0. The monoisotopic (exact) mass is 219 g/mol. The van der Waals surface area contributed by atoms with E-state index in [1.165, 1.54) is 0 Å². The van der Waals surface area contributed by atoms with Crippen LogP contribution in [0.15, 0.2) is 18.2 Å². The fourth-order valence-corrected chi connectivity index (χ4v) is 1.49. The molecular formula is C15H22O. The fourth-order valence-electron chi connectivity index (χ4n) is 1.49. The molecule has 1 rings (SSSR count). The molecule has 16 heavy (non-hydrogen) atoms. The zero-order valence-electron chi connectivity index (χ0n) is 12.1. The van der Waals surface area contributed by atoms with Gasteiger partial charge >= 0.3 is 0 Å². The fraction of sp³-hybridized carbons (Fsp3) is 0.533. The molecule has 0 spiro atoms. The summed E-state index contributed by atoms with van der Waals surface area (Å²) in [4.78, 5) is 11.1. The van der Waals surface area contributed by atoms with Crippen LogP contribution in [-0.4, -0.2) is 6.29 Å². The minimum Gasteiger partial charge on any atom is -0.298 e. The molecule has 0 aliphatic heterocycles. The number of carbonyl (C=O) groups excluding carboxylic acids is 1. The highest BCUT2D eigenvalue weighted by Crippen LogP contribution is 2.29. The lowest BCUT2D eigenvalue weighted by Crippen LogP contribution is -2.16. The Morgan fingerprint density at radius 2 is 1.50 bits per heavy atom. The van der Waals surface area contributed by atoms with Gasteiger partial charge in [-0.1, -0.05) is 47.6 Å². The molecule has 0 atom stereocenters. The first-order valence-corrected chi connectivity index (χ1v) is 5.68. The average molecular weight is 219 g/mol. The lowest BCUT2D eigenvalue weighted by Gasteiger charge is -2.25. The van der Waals surface area contributed by atoms with Gasteiger partial charge in [0.15, 0.2) is 0 Å². The normalized spacial score (nSPS) is 13.5. The smallest absolute Gasteiger partial charge is 0.150 e. The summed E-state index contributed by atoms with van der Waals surface area (Å²) in [5.74, 6) is 0. The molecule has 0 fully saturated rings. The van der Waals surface area contributed by atoms with E-state index in [0.29, 0.717) is 11.6 Å². The Kier molecular flexibility index (Phi) is 2.88. The van der Waals surface area contributed by atoms with Gasteiger partial charge in [-0.25, -0.2) is 0 Å². The number of carbonyl (C=O) groups is 1. The first-order chi connectivity index (χ1) is 7.57. The third kappa shape index (κ3) is 2.94. The Bertz CT molecular complexity index is 433. The highest BCUT2D eigenvalue weighted by atomic mass is 16.1. The van der Waals surface area contributed by atoms with Gasteiger partial charge in [0.1, 0.15) is 6.29 Å². The van der Waals surface area contributed by atoms with E-state index in [0.717, 1.165) is 17.4 Å². The van der Waals surface area contributed by atoms with E-state index in [-0.39, 0.29) is 10.8 Å². The Hall–Kier alpha value is -1.11. The Morgan fingerprint density at radius 3 is 1.88 bits per heavy atom. The van der Waals surface area contributed by atoms with Crippen LogP contribution in [0.3, 0.4) is 0 Å². The second-order valence-electron chi connectivity index (χ2n) is 6.36. The first kappa shape index (κ1) is 11.4. The predicted octanol–water partition coefficient (Wildman–Crippen LogP) is 4.09. The zero-order valence-corrected chi connectivity index (χ0v) is 11.1. The van der Waals surface area contributed by atoms with Gasteiger partial charge in [0.2, 0.25) is 0 Å². The quantitative estimate of drug-likeness (QED) is 0.650. The second kappa shape index (κ2) is 4.04. The minimum absolute atomic E-state index is 0.00847. The van der Waals surface area contributed by atoms with E-state index in [4.69, 9.17) is 1.37 Å². The van der Waals surface area contributed by atoms with Crippen molar-refractivity contribution in [3.8, 4) is 0 Å². The van der Waals surface area contributed by atoms with Gasteiger partial charge in [-0.3, -0.25) is 4.79 Å². The van der Waals surface area contributed by atoms with Gasteiger partial charge in [0.05, 0.1) is 1.37 Å². The van der Waals surface area contributed by atoms with E-state index in [1.807, 2.05) is 6.07 Å². The lowest BCUT2D eigenvalue weighted by atomic mass is 9.80. The molecule has 1 aromatic carbocycles. The van der Waals surface area contributed by atoms with E-state index in [1.54, 1.807) is 0 Å². The SMILES string of the molecule is [2H]c1c(C=O)cc(C(C)(C)C)cc1C(C)(C)C. The molecule has 1 nitrogen and oxygen atoms in total. The molecule has 0 amide bonds. The molecule has 1 aromatic rings. The van der Waals surface area contributed by atoms with Gasteiger partial charge in [-0.2, -0.15) is 0 Å². The summed E-state index contributed by atoms with van der Waals surface area (Å²) in [7, 11) is 0. The molecule has 0 saturated carbocycles. The van der Waals surface area contributed by atoms with Gasteiger partial charge in [-0.05, 0) is 34.1 Å². The molecular weight excluding hydrogens is 196 g/mol. The van der Waals surface area contributed by atoms with Gasteiger partial charge in [0, 0.05) is 5.56 Å². The van der Waals surface area contributed by atoms with Gasteiger partial charge < -0.3 is 0 Å². The number of hydrogen-bond donors (Lipinski definition) is 0. The summed E-state index contributed by atoms with van der Waals surface area (Å²) in [6.07, 6.45) is 0.785. The number of aldehydes is 1. The second-order valence-corrected chi connectivity index (χ2v) is 6.36. The van der Waals surface area contributed by atoms with Crippen molar-refractivity contribution < 1.29 is 6.17 Å². The summed E-state index contributed by atoms with van der Waals surface area (Å²) in [5.41, 5.74) is 2.41. The van der Waals surface area contributed by atoms with Crippen LogP contribution in [0.25, 0.3) is 0 Å². The molecule has 0 saturated heterocycles. The zero-order chi connectivity index (χ0) is 13.4. The third-order valence-electron chi connectivity index (χ3n) is 2.69. The van der Waals surface area contributed by atoms with E-state index in [9.17, 15) is 4.79 Å². The molecule has 0 bridgehead atoms. The van der Waals surface area contributed by atoms with Crippen LogP contribution in [0.4, 0.5) is 0 Å². The molecule has 0 aromatic heterocycles. The van der Waals surface area contributed by atoms with Crippen LogP contribution in [0.1, 0.15) is 64.4 Å². The summed E-state index contributed by atoms with van der Waals surface area (Å²) in [5, 5.41) is 0. The maximum absolute atomic E-state index is 11.1. The Balaban J connectivity index is 3.56.